The summed E-state index contributed by atoms with van der Waals surface area (Å²) in [5.74, 6) is -0.485. The van der Waals surface area contributed by atoms with Crippen molar-refractivity contribution in [1.29, 1.82) is 0 Å². The van der Waals surface area contributed by atoms with Crippen LogP contribution in [0.25, 0.3) is 0 Å². The normalized spacial score (nSPS) is 11.0. The lowest BCUT2D eigenvalue weighted by molar-refractivity contribution is -0.121. The third kappa shape index (κ3) is 7.20. The van der Waals surface area contributed by atoms with Crippen LogP contribution in [0.5, 0.6) is 5.75 Å². The standard InChI is InChI=1S/C19H21NO6S/c1-14-2-4-15(5-3-14)19(22)16-6-8-17(9-7-16)26-12-10-18(21)20-11-13-27(23,24)25/h2-9H,10-13H2,1H3,(H,20,21)(H,23,24,25). The second-order valence-corrected chi connectivity index (χ2v) is 7.53. The number of benzene rings is 2. The molecule has 8 heteroatoms. The molecule has 0 saturated heterocycles. The Morgan fingerprint density at radius 3 is 2.11 bits per heavy atom. The van der Waals surface area contributed by atoms with Crippen LogP contribution in [0.2, 0.25) is 0 Å². The number of ether oxygens (including phenoxy) is 1. The molecule has 0 radical (unpaired) electrons. The van der Waals surface area contributed by atoms with Gasteiger partial charge in [0.25, 0.3) is 10.1 Å². The first-order valence-electron chi connectivity index (χ1n) is 8.31. The van der Waals surface area contributed by atoms with Crippen LogP contribution >= 0.6 is 0 Å². The molecule has 0 atom stereocenters. The number of ketones is 1. The number of carbonyl (C=O) groups is 2. The molecule has 0 aromatic heterocycles. The highest BCUT2D eigenvalue weighted by Gasteiger charge is 2.09. The fourth-order valence-electron chi connectivity index (χ4n) is 2.24. The summed E-state index contributed by atoms with van der Waals surface area (Å²) in [6.07, 6.45) is 0.0372. The first kappa shape index (κ1) is 20.6. The maximum absolute atomic E-state index is 12.4. The Balaban J connectivity index is 1.79. The van der Waals surface area contributed by atoms with E-state index in [2.05, 4.69) is 5.32 Å². The van der Waals surface area contributed by atoms with E-state index < -0.39 is 15.9 Å². The molecule has 0 spiro atoms. The summed E-state index contributed by atoms with van der Waals surface area (Å²) in [7, 11) is -4.09. The molecule has 27 heavy (non-hydrogen) atoms. The highest BCUT2D eigenvalue weighted by molar-refractivity contribution is 7.85. The summed E-state index contributed by atoms with van der Waals surface area (Å²) in [5.41, 5.74) is 2.22. The molecule has 1 amide bonds. The molecule has 0 fully saturated rings. The van der Waals surface area contributed by atoms with Gasteiger partial charge in [0.1, 0.15) is 5.75 Å². The van der Waals surface area contributed by atoms with E-state index in [9.17, 15) is 18.0 Å². The van der Waals surface area contributed by atoms with Crippen LogP contribution in [0.3, 0.4) is 0 Å². The molecule has 2 aromatic rings. The van der Waals surface area contributed by atoms with Crippen molar-refractivity contribution in [3.63, 3.8) is 0 Å². The largest absolute Gasteiger partial charge is 0.493 e. The van der Waals surface area contributed by atoms with E-state index in [4.69, 9.17) is 9.29 Å². The number of hydrogen-bond acceptors (Lipinski definition) is 5. The van der Waals surface area contributed by atoms with Crippen LogP contribution in [0.15, 0.2) is 48.5 Å². The van der Waals surface area contributed by atoms with Crippen molar-refractivity contribution in [3.05, 3.63) is 65.2 Å². The average molecular weight is 391 g/mol. The van der Waals surface area contributed by atoms with E-state index in [1.165, 1.54) is 0 Å². The van der Waals surface area contributed by atoms with E-state index >= 15 is 0 Å². The molecule has 2 aromatic carbocycles. The van der Waals surface area contributed by atoms with Crippen molar-refractivity contribution in [2.24, 2.45) is 0 Å². The summed E-state index contributed by atoms with van der Waals surface area (Å²) in [6, 6.07) is 13.9. The molecule has 0 aliphatic rings. The third-order valence-corrected chi connectivity index (χ3v) is 4.43. The third-order valence-electron chi connectivity index (χ3n) is 3.71. The van der Waals surface area contributed by atoms with E-state index in [1.807, 2.05) is 19.1 Å². The van der Waals surface area contributed by atoms with Gasteiger partial charge in [-0.15, -0.1) is 0 Å². The first-order chi connectivity index (χ1) is 12.7. The van der Waals surface area contributed by atoms with Crippen LogP contribution in [-0.2, 0) is 14.9 Å². The highest BCUT2D eigenvalue weighted by Crippen LogP contribution is 2.16. The van der Waals surface area contributed by atoms with Crippen molar-refractivity contribution in [2.45, 2.75) is 13.3 Å². The van der Waals surface area contributed by atoms with E-state index in [-0.39, 0.29) is 31.3 Å². The van der Waals surface area contributed by atoms with E-state index in [0.29, 0.717) is 16.9 Å². The minimum Gasteiger partial charge on any atom is -0.493 e. The van der Waals surface area contributed by atoms with E-state index in [0.717, 1.165) is 5.56 Å². The number of rotatable bonds is 9. The summed E-state index contributed by atoms with van der Waals surface area (Å²) in [4.78, 5) is 23.9. The maximum Gasteiger partial charge on any atom is 0.266 e. The zero-order valence-corrected chi connectivity index (χ0v) is 15.7. The molecule has 0 saturated carbocycles. The number of hydrogen-bond donors (Lipinski definition) is 2. The Hall–Kier alpha value is -2.71. The van der Waals surface area contributed by atoms with Gasteiger partial charge in [0, 0.05) is 17.7 Å². The van der Waals surface area contributed by atoms with Crippen LogP contribution in [-0.4, -0.2) is 43.6 Å². The van der Waals surface area contributed by atoms with Gasteiger partial charge in [-0.25, -0.2) is 0 Å². The van der Waals surface area contributed by atoms with Crippen molar-refractivity contribution < 1.29 is 27.3 Å². The van der Waals surface area contributed by atoms with Gasteiger partial charge in [-0.3, -0.25) is 14.1 Å². The zero-order valence-electron chi connectivity index (χ0n) is 14.8. The van der Waals surface area contributed by atoms with Gasteiger partial charge < -0.3 is 10.1 Å². The molecule has 0 unspecified atom stereocenters. The van der Waals surface area contributed by atoms with Crippen molar-refractivity contribution >= 4 is 21.8 Å². The van der Waals surface area contributed by atoms with Gasteiger partial charge in [-0.05, 0) is 31.2 Å². The summed E-state index contributed by atoms with van der Waals surface area (Å²) < 4.78 is 35.1. The molecule has 144 valence electrons. The fourth-order valence-corrected chi connectivity index (χ4v) is 2.60. The topological polar surface area (TPSA) is 110 Å². The Labute approximate surface area is 158 Å². The van der Waals surface area contributed by atoms with Crippen LogP contribution in [0, 0.1) is 6.92 Å². The lowest BCUT2D eigenvalue weighted by Gasteiger charge is -2.08. The van der Waals surface area contributed by atoms with Gasteiger partial charge in [0.2, 0.25) is 5.91 Å². The Morgan fingerprint density at radius 2 is 1.56 bits per heavy atom. The fraction of sp³-hybridized carbons (Fsp3) is 0.263. The molecule has 0 heterocycles. The minimum absolute atomic E-state index is 0.0372. The predicted molar refractivity (Wildman–Crippen MR) is 101 cm³/mol. The Kier molecular flexibility index (Phi) is 7.09. The summed E-state index contributed by atoms with van der Waals surface area (Å²) in [6.45, 7) is 1.89. The molecule has 0 aliphatic carbocycles. The number of aryl methyl sites for hydroxylation is 1. The number of amides is 1. The number of carbonyl (C=O) groups excluding carboxylic acids is 2. The quantitative estimate of drug-likeness (QED) is 0.500. The SMILES string of the molecule is Cc1ccc(C(=O)c2ccc(OCCC(=O)NCCS(=O)(=O)O)cc2)cc1. The zero-order chi connectivity index (χ0) is 19.9. The smallest absolute Gasteiger partial charge is 0.266 e. The molecule has 7 nitrogen and oxygen atoms in total. The van der Waals surface area contributed by atoms with Gasteiger partial charge in [0.05, 0.1) is 18.8 Å². The second kappa shape index (κ2) is 9.29. The lowest BCUT2D eigenvalue weighted by Crippen LogP contribution is -2.29. The van der Waals surface area contributed by atoms with Crippen LogP contribution < -0.4 is 10.1 Å². The van der Waals surface area contributed by atoms with Gasteiger partial charge in [0.15, 0.2) is 5.78 Å². The summed E-state index contributed by atoms with van der Waals surface area (Å²) >= 11 is 0. The second-order valence-electron chi connectivity index (χ2n) is 5.95. The Bertz CT molecular complexity index is 889. The predicted octanol–water partition coefficient (Wildman–Crippen LogP) is 2.00. The van der Waals surface area contributed by atoms with E-state index in [1.54, 1.807) is 36.4 Å². The maximum atomic E-state index is 12.4. The van der Waals surface area contributed by atoms with Crippen LogP contribution in [0.1, 0.15) is 27.9 Å². The van der Waals surface area contributed by atoms with Gasteiger partial charge in [-0.1, -0.05) is 29.8 Å². The molecule has 2 N–H and O–H groups in total. The molecule has 0 aliphatic heterocycles. The Morgan fingerprint density at radius 1 is 1.00 bits per heavy atom. The van der Waals surface area contributed by atoms with Gasteiger partial charge >= 0.3 is 0 Å². The average Bonchev–Trinajstić information content (AvgIpc) is 2.61. The summed E-state index contributed by atoms with van der Waals surface area (Å²) in [5, 5.41) is 2.37. The first-order valence-corrected chi connectivity index (χ1v) is 9.91. The van der Waals surface area contributed by atoms with Crippen molar-refractivity contribution in [3.8, 4) is 5.75 Å². The lowest BCUT2D eigenvalue weighted by atomic mass is 10.0. The highest BCUT2D eigenvalue weighted by atomic mass is 32.2. The monoisotopic (exact) mass is 391 g/mol. The molecule has 2 rings (SSSR count). The van der Waals surface area contributed by atoms with Crippen molar-refractivity contribution in [2.75, 3.05) is 18.9 Å². The van der Waals surface area contributed by atoms with Gasteiger partial charge in [-0.2, -0.15) is 8.42 Å². The molecular formula is C19H21NO6S. The van der Waals surface area contributed by atoms with Crippen molar-refractivity contribution in [1.82, 2.24) is 5.32 Å². The van der Waals surface area contributed by atoms with Crippen LogP contribution in [0.4, 0.5) is 0 Å². The molecular weight excluding hydrogens is 370 g/mol. The molecule has 0 bridgehead atoms. The minimum atomic E-state index is -4.09. The number of nitrogens with one attached hydrogen (secondary N) is 1.